The average Bonchev–Trinajstić information content (AvgIpc) is 2.35. The van der Waals surface area contributed by atoms with E-state index in [2.05, 4.69) is 27.8 Å². The fourth-order valence-electron chi connectivity index (χ4n) is 1.25. The number of carbonyl (C=O) groups is 2. The Hall–Kier alpha value is -1.69. The minimum atomic E-state index is -0.940. The van der Waals surface area contributed by atoms with Crippen LogP contribution in [-0.4, -0.2) is 24.5 Å². The average molecular weight is 330 g/mol. The van der Waals surface area contributed by atoms with Gasteiger partial charge in [-0.05, 0) is 41.1 Å². The minimum Gasteiger partial charge on any atom is -0.449 e. The van der Waals surface area contributed by atoms with E-state index < -0.39 is 23.8 Å². The van der Waals surface area contributed by atoms with Crippen LogP contribution in [0.5, 0.6) is 0 Å². The van der Waals surface area contributed by atoms with Crippen LogP contribution in [0.15, 0.2) is 35.3 Å². The Morgan fingerprint density at radius 3 is 2.84 bits per heavy atom. The number of benzene rings is 1. The minimum absolute atomic E-state index is 0.157. The van der Waals surface area contributed by atoms with Crippen LogP contribution in [0.4, 0.5) is 4.39 Å². The second-order valence-corrected chi connectivity index (χ2v) is 4.56. The van der Waals surface area contributed by atoms with Gasteiger partial charge >= 0.3 is 5.97 Å². The second kappa shape index (κ2) is 7.04. The SMILES string of the molecule is C=CCNC(=O)C(C)OC(=O)c1ccc(F)cc1Br. The maximum Gasteiger partial charge on any atom is 0.340 e. The number of amides is 1. The Morgan fingerprint density at radius 1 is 1.58 bits per heavy atom. The molecule has 0 fully saturated rings. The lowest BCUT2D eigenvalue weighted by atomic mass is 10.2. The molecule has 0 aliphatic heterocycles. The molecule has 0 heterocycles. The van der Waals surface area contributed by atoms with Gasteiger partial charge in [0, 0.05) is 11.0 Å². The van der Waals surface area contributed by atoms with Crippen LogP contribution in [0.2, 0.25) is 0 Å². The number of hydrogen-bond donors (Lipinski definition) is 1. The van der Waals surface area contributed by atoms with Crippen molar-refractivity contribution in [1.82, 2.24) is 5.32 Å². The van der Waals surface area contributed by atoms with Crippen molar-refractivity contribution in [3.05, 3.63) is 46.7 Å². The molecule has 1 N–H and O–H groups in total. The molecule has 0 aliphatic rings. The van der Waals surface area contributed by atoms with E-state index in [1.807, 2.05) is 0 Å². The summed E-state index contributed by atoms with van der Waals surface area (Å²) in [5.41, 5.74) is 0.157. The molecule has 1 amide bonds. The van der Waals surface area contributed by atoms with Crippen LogP contribution in [-0.2, 0) is 9.53 Å². The molecule has 1 atom stereocenters. The third kappa shape index (κ3) is 4.48. The van der Waals surface area contributed by atoms with Gasteiger partial charge in [0.1, 0.15) is 5.82 Å². The number of hydrogen-bond acceptors (Lipinski definition) is 3. The summed E-state index contributed by atoms with van der Waals surface area (Å²) in [6, 6.07) is 3.58. The van der Waals surface area contributed by atoms with Crippen molar-refractivity contribution in [2.75, 3.05) is 6.54 Å². The van der Waals surface area contributed by atoms with Crippen molar-refractivity contribution in [2.24, 2.45) is 0 Å². The summed E-state index contributed by atoms with van der Waals surface area (Å²) in [6.07, 6.45) is 0.576. The molecule has 0 saturated heterocycles. The Kier molecular flexibility index (Phi) is 5.69. The quantitative estimate of drug-likeness (QED) is 0.666. The predicted molar refractivity (Wildman–Crippen MR) is 72.2 cm³/mol. The molecule has 0 radical (unpaired) electrons. The summed E-state index contributed by atoms with van der Waals surface area (Å²) >= 11 is 3.06. The molecule has 0 bridgehead atoms. The van der Waals surface area contributed by atoms with Crippen molar-refractivity contribution in [3.63, 3.8) is 0 Å². The first kappa shape index (κ1) is 15.4. The summed E-state index contributed by atoms with van der Waals surface area (Å²) in [6.45, 7) is 5.20. The zero-order valence-electron chi connectivity index (χ0n) is 10.3. The highest BCUT2D eigenvalue weighted by molar-refractivity contribution is 9.10. The lowest BCUT2D eigenvalue weighted by Gasteiger charge is -2.13. The van der Waals surface area contributed by atoms with Gasteiger partial charge in [-0.25, -0.2) is 9.18 Å². The van der Waals surface area contributed by atoms with E-state index in [0.717, 1.165) is 12.1 Å². The number of rotatable bonds is 5. The van der Waals surface area contributed by atoms with Gasteiger partial charge < -0.3 is 10.1 Å². The number of nitrogens with one attached hydrogen (secondary N) is 1. The first-order chi connectivity index (χ1) is 8.95. The lowest BCUT2D eigenvalue weighted by molar-refractivity contribution is -0.128. The fourth-order valence-corrected chi connectivity index (χ4v) is 1.76. The maximum absolute atomic E-state index is 12.9. The molecule has 0 saturated carbocycles. The van der Waals surface area contributed by atoms with E-state index in [4.69, 9.17) is 4.74 Å². The van der Waals surface area contributed by atoms with Crippen molar-refractivity contribution in [2.45, 2.75) is 13.0 Å². The molecule has 102 valence electrons. The van der Waals surface area contributed by atoms with Crippen LogP contribution < -0.4 is 5.32 Å². The Bertz CT molecular complexity index is 505. The first-order valence-corrected chi connectivity index (χ1v) is 6.29. The van der Waals surface area contributed by atoms with Crippen molar-refractivity contribution in [1.29, 1.82) is 0 Å². The maximum atomic E-state index is 12.9. The highest BCUT2D eigenvalue weighted by atomic mass is 79.9. The fraction of sp³-hybridized carbons (Fsp3) is 0.231. The van der Waals surface area contributed by atoms with Crippen molar-refractivity contribution in [3.8, 4) is 0 Å². The number of halogens is 2. The predicted octanol–water partition coefficient (Wildman–Crippen LogP) is 2.44. The molecule has 19 heavy (non-hydrogen) atoms. The Morgan fingerprint density at radius 2 is 2.26 bits per heavy atom. The van der Waals surface area contributed by atoms with E-state index in [0.29, 0.717) is 6.54 Å². The highest BCUT2D eigenvalue weighted by Crippen LogP contribution is 2.19. The molecule has 1 unspecified atom stereocenters. The summed E-state index contributed by atoms with van der Waals surface area (Å²) in [5, 5.41) is 2.51. The van der Waals surface area contributed by atoms with Gasteiger partial charge in [0.15, 0.2) is 6.10 Å². The Labute approximate surface area is 118 Å². The monoisotopic (exact) mass is 329 g/mol. The summed E-state index contributed by atoms with van der Waals surface area (Å²) < 4.78 is 18.1. The van der Waals surface area contributed by atoms with Crippen LogP contribution in [0.25, 0.3) is 0 Å². The van der Waals surface area contributed by atoms with Gasteiger partial charge in [0.05, 0.1) is 5.56 Å². The standard InChI is InChI=1S/C13H13BrFNO3/c1-3-6-16-12(17)8(2)19-13(18)10-5-4-9(15)7-11(10)14/h3-5,7-8H,1,6H2,2H3,(H,16,17). The molecule has 6 heteroatoms. The van der Waals surface area contributed by atoms with Crippen LogP contribution in [0, 0.1) is 5.82 Å². The molecular formula is C13H13BrFNO3. The third-order valence-corrected chi connectivity index (χ3v) is 2.88. The molecule has 0 aliphatic carbocycles. The normalized spacial score (nSPS) is 11.5. The van der Waals surface area contributed by atoms with Crippen molar-refractivity contribution < 1.29 is 18.7 Å². The van der Waals surface area contributed by atoms with Gasteiger partial charge in [-0.1, -0.05) is 6.08 Å². The summed E-state index contributed by atoms with van der Waals surface area (Å²) in [5.74, 6) is -1.60. The van der Waals surface area contributed by atoms with E-state index in [1.165, 1.54) is 19.1 Å². The molecule has 1 rings (SSSR count). The lowest BCUT2D eigenvalue weighted by Crippen LogP contribution is -2.35. The van der Waals surface area contributed by atoms with Crippen LogP contribution >= 0.6 is 15.9 Å². The Balaban J connectivity index is 2.68. The van der Waals surface area contributed by atoms with Gasteiger partial charge in [-0.2, -0.15) is 0 Å². The summed E-state index contributed by atoms with van der Waals surface area (Å²) in [4.78, 5) is 23.3. The highest BCUT2D eigenvalue weighted by Gasteiger charge is 2.20. The van der Waals surface area contributed by atoms with Gasteiger partial charge in [0.25, 0.3) is 5.91 Å². The zero-order chi connectivity index (χ0) is 14.4. The molecule has 0 aromatic heterocycles. The van der Waals surface area contributed by atoms with Crippen LogP contribution in [0.3, 0.4) is 0 Å². The zero-order valence-corrected chi connectivity index (χ0v) is 11.9. The topological polar surface area (TPSA) is 55.4 Å². The number of ether oxygens (including phenoxy) is 1. The molecular weight excluding hydrogens is 317 g/mol. The molecule has 0 spiro atoms. The van der Waals surface area contributed by atoms with E-state index in [-0.39, 0.29) is 10.0 Å². The van der Waals surface area contributed by atoms with E-state index in [9.17, 15) is 14.0 Å². The first-order valence-electron chi connectivity index (χ1n) is 5.50. The smallest absolute Gasteiger partial charge is 0.340 e. The molecule has 4 nitrogen and oxygen atoms in total. The second-order valence-electron chi connectivity index (χ2n) is 3.71. The van der Waals surface area contributed by atoms with Gasteiger partial charge in [-0.15, -0.1) is 6.58 Å². The number of esters is 1. The molecule has 1 aromatic carbocycles. The number of carbonyl (C=O) groups excluding carboxylic acids is 2. The summed E-state index contributed by atoms with van der Waals surface area (Å²) in [7, 11) is 0. The third-order valence-electron chi connectivity index (χ3n) is 2.22. The van der Waals surface area contributed by atoms with E-state index in [1.54, 1.807) is 0 Å². The largest absolute Gasteiger partial charge is 0.449 e. The molecule has 1 aromatic rings. The van der Waals surface area contributed by atoms with Crippen molar-refractivity contribution >= 4 is 27.8 Å². The van der Waals surface area contributed by atoms with Crippen LogP contribution in [0.1, 0.15) is 17.3 Å². The van der Waals surface area contributed by atoms with Gasteiger partial charge in [0.2, 0.25) is 0 Å². The van der Waals surface area contributed by atoms with Gasteiger partial charge in [-0.3, -0.25) is 4.79 Å². The van der Waals surface area contributed by atoms with E-state index >= 15 is 0 Å².